The monoisotopic (exact) mass is 250 g/mol. The molecule has 3 N–H and O–H groups in total. The van der Waals surface area contributed by atoms with Crippen molar-refractivity contribution >= 4 is 23.4 Å². The summed E-state index contributed by atoms with van der Waals surface area (Å²) in [6.45, 7) is 4.28. The zero-order valence-electron chi connectivity index (χ0n) is 10.0. The molecule has 5 heteroatoms. The number of hydrogen-bond acceptors (Lipinski definition) is 4. The third-order valence-electron chi connectivity index (χ3n) is 2.97. The van der Waals surface area contributed by atoms with Gasteiger partial charge in [0, 0.05) is 35.9 Å². The van der Waals surface area contributed by atoms with E-state index in [0.29, 0.717) is 5.25 Å². The zero-order chi connectivity index (χ0) is 12.3. The van der Waals surface area contributed by atoms with Crippen molar-refractivity contribution in [3.8, 4) is 0 Å². The molecule has 0 radical (unpaired) electrons. The van der Waals surface area contributed by atoms with Crippen LogP contribution in [0.2, 0.25) is 0 Å². The summed E-state index contributed by atoms with van der Waals surface area (Å²) in [5.74, 6) is 2.19. The highest BCUT2D eigenvalue weighted by Crippen LogP contribution is 2.24. The first-order valence-electron chi connectivity index (χ1n) is 5.87. The fourth-order valence-corrected chi connectivity index (χ4v) is 3.11. The first-order valence-corrected chi connectivity index (χ1v) is 6.92. The minimum absolute atomic E-state index is 0.104. The Morgan fingerprint density at radius 2 is 2.53 bits per heavy atom. The molecule has 0 aliphatic carbocycles. The molecule has 92 valence electrons. The molecule has 1 saturated heterocycles. The van der Waals surface area contributed by atoms with Crippen molar-refractivity contribution in [2.75, 3.05) is 23.7 Å². The summed E-state index contributed by atoms with van der Waals surface area (Å²) < 4.78 is 0. The fourth-order valence-electron chi connectivity index (χ4n) is 1.93. The molecule has 0 saturated carbocycles. The van der Waals surface area contributed by atoms with E-state index in [9.17, 15) is 0 Å². The highest BCUT2D eigenvalue weighted by Gasteiger charge is 2.20. The predicted molar refractivity (Wildman–Crippen MR) is 74.0 cm³/mol. The number of nitrogens with one attached hydrogen (secondary N) is 1. The number of nitrogen functional groups attached to an aromatic ring is 1. The third kappa shape index (κ3) is 2.91. The molecule has 0 amide bonds. The third-order valence-corrected chi connectivity index (χ3v) is 4.35. The molecule has 1 aromatic rings. The maximum absolute atomic E-state index is 7.45. The topological polar surface area (TPSA) is 66.0 Å². The van der Waals surface area contributed by atoms with Crippen LogP contribution in [0.4, 0.5) is 5.82 Å². The lowest BCUT2D eigenvalue weighted by Gasteiger charge is -2.32. The lowest BCUT2D eigenvalue weighted by molar-refractivity contribution is 0.720. The number of pyridine rings is 1. The lowest BCUT2D eigenvalue weighted by atomic mass is 10.2. The molecule has 0 aromatic carbocycles. The zero-order valence-corrected chi connectivity index (χ0v) is 10.8. The summed E-state index contributed by atoms with van der Waals surface area (Å²) >= 11 is 2.04. The van der Waals surface area contributed by atoms with Crippen LogP contribution in [0.25, 0.3) is 0 Å². The van der Waals surface area contributed by atoms with Crippen molar-refractivity contribution in [1.29, 1.82) is 5.41 Å². The molecule has 2 rings (SSSR count). The first kappa shape index (κ1) is 12.2. The quantitative estimate of drug-likeness (QED) is 0.633. The Kier molecular flexibility index (Phi) is 3.89. The van der Waals surface area contributed by atoms with E-state index in [4.69, 9.17) is 11.1 Å². The van der Waals surface area contributed by atoms with Crippen LogP contribution >= 0.6 is 11.8 Å². The van der Waals surface area contributed by atoms with Gasteiger partial charge in [-0.05, 0) is 18.6 Å². The van der Waals surface area contributed by atoms with Gasteiger partial charge in [-0.2, -0.15) is 11.8 Å². The molecule has 17 heavy (non-hydrogen) atoms. The summed E-state index contributed by atoms with van der Waals surface area (Å²) in [6, 6.07) is 3.69. The second-order valence-corrected chi connectivity index (χ2v) is 5.57. The molecule has 4 nitrogen and oxygen atoms in total. The van der Waals surface area contributed by atoms with E-state index in [1.165, 1.54) is 6.42 Å². The number of thioether (sulfide) groups is 1. The van der Waals surface area contributed by atoms with Crippen LogP contribution in [0.5, 0.6) is 0 Å². The van der Waals surface area contributed by atoms with Crippen molar-refractivity contribution < 1.29 is 0 Å². The molecule has 0 spiro atoms. The number of nitrogens with two attached hydrogens (primary N) is 1. The maximum Gasteiger partial charge on any atom is 0.129 e. The molecule has 1 aliphatic heterocycles. The normalized spacial score (nSPS) is 20.3. The Labute approximate surface area is 106 Å². The molecule has 1 atom stereocenters. The van der Waals surface area contributed by atoms with E-state index in [2.05, 4.69) is 16.8 Å². The average molecular weight is 250 g/mol. The molecule has 1 fully saturated rings. The van der Waals surface area contributed by atoms with Crippen molar-refractivity contribution in [3.05, 3.63) is 23.9 Å². The Morgan fingerprint density at radius 1 is 1.71 bits per heavy atom. The van der Waals surface area contributed by atoms with Crippen molar-refractivity contribution in [1.82, 2.24) is 4.98 Å². The fraction of sp³-hybridized carbons (Fsp3) is 0.500. The van der Waals surface area contributed by atoms with E-state index >= 15 is 0 Å². The summed E-state index contributed by atoms with van der Waals surface area (Å²) in [7, 11) is 0. The number of anilines is 1. The van der Waals surface area contributed by atoms with Gasteiger partial charge in [0.25, 0.3) is 0 Å². The highest BCUT2D eigenvalue weighted by atomic mass is 32.2. The van der Waals surface area contributed by atoms with Crippen LogP contribution in [0.15, 0.2) is 18.3 Å². The van der Waals surface area contributed by atoms with Gasteiger partial charge < -0.3 is 10.6 Å². The summed E-state index contributed by atoms with van der Waals surface area (Å²) in [6.07, 6.45) is 2.92. The minimum Gasteiger partial charge on any atom is -0.384 e. The Hall–Kier alpha value is -1.23. The van der Waals surface area contributed by atoms with Crippen LogP contribution in [0.3, 0.4) is 0 Å². The number of rotatable bonds is 3. The Morgan fingerprint density at radius 3 is 3.24 bits per heavy atom. The van der Waals surface area contributed by atoms with Crippen molar-refractivity contribution in [3.63, 3.8) is 0 Å². The van der Waals surface area contributed by atoms with E-state index in [0.717, 1.165) is 30.2 Å². The van der Waals surface area contributed by atoms with Crippen LogP contribution < -0.4 is 10.6 Å². The number of amidine groups is 1. The van der Waals surface area contributed by atoms with Gasteiger partial charge in [-0.1, -0.05) is 6.92 Å². The van der Waals surface area contributed by atoms with Gasteiger partial charge in [-0.3, -0.25) is 5.41 Å². The number of aromatic nitrogens is 1. The van der Waals surface area contributed by atoms with Gasteiger partial charge >= 0.3 is 0 Å². The lowest BCUT2D eigenvalue weighted by Crippen LogP contribution is -2.38. The molecule has 1 aromatic heterocycles. The number of hydrogen-bond donors (Lipinski definition) is 2. The summed E-state index contributed by atoms with van der Waals surface area (Å²) in [5, 5.41) is 8.14. The van der Waals surface area contributed by atoms with Gasteiger partial charge in [0.1, 0.15) is 11.7 Å². The largest absolute Gasteiger partial charge is 0.384 e. The molecule has 2 heterocycles. The predicted octanol–water partition coefficient (Wildman–Crippen LogP) is 1.70. The van der Waals surface area contributed by atoms with Gasteiger partial charge in [0.05, 0.1) is 0 Å². The molecule has 1 unspecified atom stereocenters. The standard InChI is InChI=1S/C12H18N4S/c1-2-10-8-16(5-6-17-10)11-7-9(12(13)14)3-4-15-11/h3-4,7,10H,2,5-6,8H2,1H3,(H3,13,14). The summed E-state index contributed by atoms with van der Waals surface area (Å²) in [5.41, 5.74) is 6.25. The molecule has 0 bridgehead atoms. The van der Waals surface area contributed by atoms with Crippen molar-refractivity contribution in [2.24, 2.45) is 5.73 Å². The average Bonchev–Trinajstić information content (AvgIpc) is 2.39. The van der Waals surface area contributed by atoms with Gasteiger partial charge in [-0.15, -0.1) is 0 Å². The summed E-state index contributed by atoms with van der Waals surface area (Å²) in [4.78, 5) is 6.67. The first-order chi connectivity index (χ1) is 8.20. The number of nitrogens with zero attached hydrogens (tertiary/aromatic N) is 2. The molecule has 1 aliphatic rings. The highest BCUT2D eigenvalue weighted by molar-refractivity contribution is 8.00. The smallest absolute Gasteiger partial charge is 0.129 e. The van der Waals surface area contributed by atoms with Crippen LogP contribution in [0.1, 0.15) is 18.9 Å². The van der Waals surface area contributed by atoms with Crippen LogP contribution in [0, 0.1) is 5.41 Å². The van der Waals surface area contributed by atoms with Crippen LogP contribution in [-0.2, 0) is 0 Å². The Balaban J connectivity index is 2.16. The minimum atomic E-state index is 0.104. The second kappa shape index (κ2) is 5.40. The maximum atomic E-state index is 7.45. The molecular weight excluding hydrogens is 232 g/mol. The van der Waals surface area contributed by atoms with E-state index < -0.39 is 0 Å². The van der Waals surface area contributed by atoms with Gasteiger partial charge in [0.15, 0.2) is 0 Å². The second-order valence-electron chi connectivity index (χ2n) is 4.16. The Bertz CT molecular complexity index is 407. The van der Waals surface area contributed by atoms with E-state index in [1.54, 1.807) is 12.3 Å². The van der Waals surface area contributed by atoms with Crippen LogP contribution in [-0.4, -0.2) is 34.9 Å². The van der Waals surface area contributed by atoms with Gasteiger partial charge in [-0.25, -0.2) is 4.98 Å². The van der Waals surface area contributed by atoms with E-state index in [-0.39, 0.29) is 5.84 Å². The SMILES string of the molecule is CCC1CN(c2cc(C(=N)N)ccn2)CCS1. The molecular formula is C12H18N4S. The van der Waals surface area contributed by atoms with E-state index in [1.807, 2.05) is 17.8 Å². The van der Waals surface area contributed by atoms with Gasteiger partial charge in [0.2, 0.25) is 0 Å². The van der Waals surface area contributed by atoms with Crippen molar-refractivity contribution in [2.45, 2.75) is 18.6 Å².